The molecule has 0 radical (unpaired) electrons. The highest BCUT2D eigenvalue weighted by Crippen LogP contribution is 2.30. The van der Waals surface area contributed by atoms with Crippen LogP contribution in [0.2, 0.25) is 0 Å². The second-order valence-electron chi connectivity index (χ2n) is 8.35. The minimum Gasteiger partial charge on any atom is -0.371 e. The standard InChI is InChI=1S/C25H25N5O4/c1-17-9-13-29(14-10-17)23-6-5-21(30(33)34)16-22(23)25(32)28-20-4-2-3-19(15-20)27-24(31)18-7-11-26-12-8-18/h2-8,11-12,15-17H,9-10,13-14H2,1H3,(H,27,31)(H,28,32). The number of pyridine rings is 1. The minimum absolute atomic E-state index is 0.141. The second-order valence-corrected chi connectivity index (χ2v) is 8.35. The van der Waals surface area contributed by atoms with E-state index in [-0.39, 0.29) is 17.2 Å². The number of rotatable bonds is 6. The van der Waals surface area contributed by atoms with Gasteiger partial charge in [0, 0.05) is 54.6 Å². The van der Waals surface area contributed by atoms with Crippen molar-refractivity contribution < 1.29 is 14.5 Å². The van der Waals surface area contributed by atoms with Gasteiger partial charge >= 0.3 is 0 Å². The lowest BCUT2D eigenvalue weighted by molar-refractivity contribution is -0.384. The van der Waals surface area contributed by atoms with Gasteiger partial charge in [-0.3, -0.25) is 24.7 Å². The number of benzene rings is 2. The van der Waals surface area contributed by atoms with Crippen LogP contribution in [-0.2, 0) is 0 Å². The van der Waals surface area contributed by atoms with E-state index in [9.17, 15) is 19.7 Å². The first-order chi connectivity index (χ1) is 16.4. The fraction of sp³-hybridized carbons (Fsp3) is 0.240. The van der Waals surface area contributed by atoms with E-state index in [0.29, 0.717) is 28.5 Å². The van der Waals surface area contributed by atoms with E-state index in [1.165, 1.54) is 24.5 Å². The summed E-state index contributed by atoms with van der Waals surface area (Å²) >= 11 is 0. The number of non-ortho nitro benzene ring substituents is 1. The van der Waals surface area contributed by atoms with Crippen molar-refractivity contribution in [2.45, 2.75) is 19.8 Å². The van der Waals surface area contributed by atoms with Crippen LogP contribution in [0.15, 0.2) is 67.0 Å². The second kappa shape index (κ2) is 10.1. The van der Waals surface area contributed by atoms with Crippen LogP contribution in [0, 0.1) is 16.0 Å². The van der Waals surface area contributed by atoms with E-state index in [4.69, 9.17) is 0 Å². The number of aromatic nitrogens is 1. The molecule has 2 amide bonds. The molecule has 0 spiro atoms. The Morgan fingerprint density at radius 3 is 2.26 bits per heavy atom. The van der Waals surface area contributed by atoms with E-state index in [1.807, 2.05) is 0 Å². The summed E-state index contributed by atoms with van der Waals surface area (Å²) in [6, 6.07) is 14.3. The monoisotopic (exact) mass is 459 g/mol. The van der Waals surface area contributed by atoms with Gasteiger partial charge in [-0.2, -0.15) is 0 Å². The van der Waals surface area contributed by atoms with Gasteiger partial charge in [-0.1, -0.05) is 13.0 Å². The van der Waals surface area contributed by atoms with Crippen LogP contribution in [0.4, 0.5) is 22.7 Å². The predicted molar refractivity (Wildman–Crippen MR) is 130 cm³/mol. The topological polar surface area (TPSA) is 117 Å². The molecule has 0 aliphatic carbocycles. The van der Waals surface area contributed by atoms with Gasteiger partial charge in [0.25, 0.3) is 17.5 Å². The molecule has 1 aromatic heterocycles. The molecule has 0 bridgehead atoms. The number of nitro benzene ring substituents is 1. The van der Waals surface area contributed by atoms with Crippen LogP contribution < -0.4 is 15.5 Å². The Kier molecular flexibility index (Phi) is 6.82. The molecule has 34 heavy (non-hydrogen) atoms. The van der Waals surface area contributed by atoms with Crippen LogP contribution >= 0.6 is 0 Å². The normalized spacial score (nSPS) is 13.9. The van der Waals surface area contributed by atoms with Gasteiger partial charge in [-0.25, -0.2) is 0 Å². The van der Waals surface area contributed by atoms with Crippen molar-refractivity contribution in [1.82, 2.24) is 4.98 Å². The highest BCUT2D eigenvalue weighted by atomic mass is 16.6. The number of piperidine rings is 1. The summed E-state index contributed by atoms with van der Waals surface area (Å²) in [7, 11) is 0. The maximum Gasteiger partial charge on any atom is 0.270 e. The summed E-state index contributed by atoms with van der Waals surface area (Å²) in [5, 5.41) is 16.9. The van der Waals surface area contributed by atoms with E-state index >= 15 is 0 Å². The van der Waals surface area contributed by atoms with Crippen LogP contribution in [0.5, 0.6) is 0 Å². The molecule has 0 atom stereocenters. The SMILES string of the molecule is CC1CCN(c2ccc([N+](=O)[O-])cc2C(=O)Nc2cccc(NC(=O)c3ccncc3)c2)CC1. The van der Waals surface area contributed by atoms with Gasteiger partial charge in [0.2, 0.25) is 0 Å². The minimum atomic E-state index is -0.506. The fourth-order valence-electron chi connectivity index (χ4n) is 3.92. The average molecular weight is 460 g/mol. The van der Waals surface area contributed by atoms with E-state index in [0.717, 1.165) is 25.9 Å². The van der Waals surface area contributed by atoms with Gasteiger partial charge in [0.1, 0.15) is 0 Å². The molecular formula is C25H25N5O4. The first-order valence-electron chi connectivity index (χ1n) is 11.1. The lowest BCUT2D eigenvalue weighted by Crippen LogP contribution is -2.34. The smallest absolute Gasteiger partial charge is 0.270 e. The molecule has 1 aliphatic rings. The van der Waals surface area contributed by atoms with Gasteiger partial charge in [-0.05, 0) is 55.2 Å². The van der Waals surface area contributed by atoms with E-state index in [2.05, 4.69) is 27.4 Å². The number of hydrogen-bond acceptors (Lipinski definition) is 6. The van der Waals surface area contributed by atoms with Crippen molar-refractivity contribution in [1.29, 1.82) is 0 Å². The largest absolute Gasteiger partial charge is 0.371 e. The molecule has 174 valence electrons. The van der Waals surface area contributed by atoms with Crippen molar-refractivity contribution >= 4 is 34.6 Å². The predicted octanol–water partition coefficient (Wildman–Crippen LogP) is 4.73. The molecule has 4 rings (SSSR count). The third kappa shape index (κ3) is 5.37. The maximum atomic E-state index is 13.2. The third-order valence-electron chi connectivity index (χ3n) is 5.88. The fourth-order valence-corrected chi connectivity index (χ4v) is 3.92. The lowest BCUT2D eigenvalue weighted by Gasteiger charge is -2.33. The summed E-state index contributed by atoms with van der Waals surface area (Å²) < 4.78 is 0. The number of nitrogens with zero attached hydrogens (tertiary/aromatic N) is 3. The summed E-state index contributed by atoms with van der Waals surface area (Å²) in [5.41, 5.74) is 2.21. The van der Waals surface area contributed by atoms with Crippen molar-refractivity contribution in [2.24, 2.45) is 5.92 Å². The average Bonchev–Trinajstić information content (AvgIpc) is 2.85. The highest BCUT2D eigenvalue weighted by Gasteiger charge is 2.23. The summed E-state index contributed by atoms with van der Waals surface area (Å²) in [5.74, 6) is -0.141. The van der Waals surface area contributed by atoms with Crippen LogP contribution in [0.1, 0.15) is 40.5 Å². The quantitative estimate of drug-likeness (QED) is 0.406. The third-order valence-corrected chi connectivity index (χ3v) is 5.88. The van der Waals surface area contributed by atoms with Gasteiger partial charge < -0.3 is 15.5 Å². The molecule has 2 N–H and O–H groups in total. The number of nitro groups is 1. The van der Waals surface area contributed by atoms with Gasteiger partial charge in [-0.15, -0.1) is 0 Å². The van der Waals surface area contributed by atoms with E-state index in [1.54, 1.807) is 42.5 Å². The van der Waals surface area contributed by atoms with Crippen molar-refractivity contribution in [3.63, 3.8) is 0 Å². The molecule has 1 saturated heterocycles. The molecule has 1 fully saturated rings. The summed E-state index contributed by atoms with van der Waals surface area (Å²) in [4.78, 5) is 42.5. The molecular weight excluding hydrogens is 434 g/mol. The van der Waals surface area contributed by atoms with Crippen LogP contribution in [0.25, 0.3) is 0 Å². The lowest BCUT2D eigenvalue weighted by atomic mass is 9.98. The zero-order valence-electron chi connectivity index (χ0n) is 18.7. The Balaban J connectivity index is 1.55. The van der Waals surface area contributed by atoms with Gasteiger partial charge in [0.15, 0.2) is 0 Å². The molecule has 9 heteroatoms. The van der Waals surface area contributed by atoms with Crippen LogP contribution in [-0.4, -0.2) is 34.8 Å². The van der Waals surface area contributed by atoms with Crippen molar-refractivity contribution in [3.8, 4) is 0 Å². The summed E-state index contributed by atoms with van der Waals surface area (Å²) in [6.45, 7) is 3.77. The Labute approximate surface area is 197 Å². The van der Waals surface area contributed by atoms with Crippen molar-refractivity contribution in [3.05, 3.63) is 88.2 Å². The van der Waals surface area contributed by atoms with Crippen LogP contribution in [0.3, 0.4) is 0 Å². The zero-order valence-corrected chi connectivity index (χ0v) is 18.7. The molecule has 0 unspecified atom stereocenters. The number of amides is 2. The Morgan fingerprint density at radius 2 is 1.62 bits per heavy atom. The first-order valence-corrected chi connectivity index (χ1v) is 11.1. The molecule has 9 nitrogen and oxygen atoms in total. The molecule has 2 heterocycles. The van der Waals surface area contributed by atoms with Gasteiger partial charge in [0.05, 0.1) is 16.2 Å². The number of carbonyl (C=O) groups is 2. The molecule has 0 saturated carbocycles. The number of carbonyl (C=O) groups excluding carboxylic acids is 2. The number of hydrogen-bond donors (Lipinski definition) is 2. The Morgan fingerprint density at radius 1 is 0.971 bits per heavy atom. The Bertz CT molecular complexity index is 1210. The van der Waals surface area contributed by atoms with Crippen molar-refractivity contribution in [2.75, 3.05) is 28.6 Å². The maximum absolute atomic E-state index is 13.2. The zero-order chi connectivity index (χ0) is 24.1. The molecule has 1 aliphatic heterocycles. The number of anilines is 3. The first kappa shape index (κ1) is 22.9. The Hall–Kier alpha value is -4.27. The highest BCUT2D eigenvalue weighted by molar-refractivity contribution is 6.09. The molecule has 3 aromatic rings. The molecule has 2 aromatic carbocycles. The number of nitrogens with one attached hydrogen (secondary N) is 2. The van der Waals surface area contributed by atoms with E-state index < -0.39 is 10.8 Å². The summed E-state index contributed by atoms with van der Waals surface area (Å²) in [6.07, 6.45) is 5.06.